The van der Waals surface area contributed by atoms with Crippen molar-refractivity contribution in [2.45, 2.75) is 13.3 Å². The molecule has 2 aromatic heterocycles. The number of rotatable bonds is 5. The molecule has 0 fully saturated rings. The minimum Gasteiger partial charge on any atom is -0.352 e. The summed E-state index contributed by atoms with van der Waals surface area (Å²) in [5.41, 5.74) is 1.88. The zero-order valence-electron chi connectivity index (χ0n) is 13.4. The molecule has 0 atom stereocenters. The van der Waals surface area contributed by atoms with E-state index in [1.807, 2.05) is 30.0 Å². The molecule has 0 radical (unpaired) electrons. The van der Waals surface area contributed by atoms with Crippen molar-refractivity contribution in [3.8, 4) is 0 Å². The zero-order chi connectivity index (χ0) is 17.1. The molecule has 5 nitrogen and oxygen atoms in total. The molecule has 2 heterocycles. The van der Waals surface area contributed by atoms with E-state index in [2.05, 4.69) is 15.3 Å². The van der Waals surface area contributed by atoms with E-state index in [1.165, 1.54) is 12.1 Å². The quantitative estimate of drug-likeness (QED) is 0.724. The molecular formula is C17H17FN4OS. The lowest BCUT2D eigenvalue weighted by molar-refractivity contribution is -0.116. The van der Waals surface area contributed by atoms with Crippen molar-refractivity contribution >= 4 is 34.4 Å². The lowest BCUT2D eigenvalue weighted by Gasteiger charge is -2.03. The van der Waals surface area contributed by atoms with Crippen LogP contribution in [0.15, 0.2) is 29.7 Å². The first-order chi connectivity index (χ1) is 11.5. The zero-order valence-corrected chi connectivity index (χ0v) is 14.2. The molecule has 1 aromatic carbocycles. The number of hydrogen-bond donors (Lipinski definition) is 1. The van der Waals surface area contributed by atoms with E-state index in [0.717, 1.165) is 22.0 Å². The molecule has 0 aliphatic carbocycles. The van der Waals surface area contributed by atoms with Crippen LogP contribution in [0.1, 0.15) is 16.5 Å². The van der Waals surface area contributed by atoms with E-state index >= 15 is 0 Å². The summed E-state index contributed by atoms with van der Waals surface area (Å²) >= 11 is 1.54. The first-order valence-corrected chi connectivity index (χ1v) is 8.40. The highest BCUT2D eigenvalue weighted by Gasteiger charge is 2.10. The fraction of sp³-hybridized carbons (Fsp3) is 0.235. The summed E-state index contributed by atoms with van der Waals surface area (Å²) in [6, 6.07) is 4.88. The lowest BCUT2D eigenvalue weighted by atomic mass is 10.3. The van der Waals surface area contributed by atoms with Gasteiger partial charge in [0.1, 0.15) is 11.3 Å². The average Bonchev–Trinajstić information content (AvgIpc) is 3.11. The van der Waals surface area contributed by atoms with Crippen molar-refractivity contribution in [2.75, 3.05) is 6.54 Å². The third kappa shape index (κ3) is 3.51. The SMILES string of the molecule is Cc1nc(C=CC(=O)NCCc2nc3c(F)cccc3n2C)cs1. The van der Waals surface area contributed by atoms with E-state index in [4.69, 9.17) is 0 Å². The van der Waals surface area contributed by atoms with Gasteiger partial charge in [0.05, 0.1) is 16.2 Å². The van der Waals surface area contributed by atoms with Crippen molar-refractivity contribution in [1.29, 1.82) is 0 Å². The number of hydrogen-bond acceptors (Lipinski definition) is 4. The smallest absolute Gasteiger partial charge is 0.244 e. The second-order valence-corrected chi connectivity index (χ2v) is 6.42. The summed E-state index contributed by atoms with van der Waals surface area (Å²) in [7, 11) is 1.84. The number of benzene rings is 1. The Balaban J connectivity index is 1.58. The summed E-state index contributed by atoms with van der Waals surface area (Å²) in [6.07, 6.45) is 3.67. The Morgan fingerprint density at radius 3 is 2.96 bits per heavy atom. The number of halogens is 1. The van der Waals surface area contributed by atoms with Crippen molar-refractivity contribution < 1.29 is 9.18 Å². The van der Waals surface area contributed by atoms with E-state index in [-0.39, 0.29) is 11.7 Å². The van der Waals surface area contributed by atoms with Crippen LogP contribution in [0.3, 0.4) is 0 Å². The molecule has 3 aromatic rings. The summed E-state index contributed by atoms with van der Waals surface area (Å²) in [4.78, 5) is 20.4. The number of nitrogens with zero attached hydrogens (tertiary/aromatic N) is 3. The molecule has 0 aliphatic heterocycles. The molecule has 1 N–H and O–H groups in total. The van der Waals surface area contributed by atoms with Gasteiger partial charge in [0.2, 0.25) is 5.91 Å². The van der Waals surface area contributed by atoms with Crippen LogP contribution < -0.4 is 5.32 Å². The second-order valence-electron chi connectivity index (χ2n) is 5.36. The molecule has 7 heteroatoms. The van der Waals surface area contributed by atoms with Gasteiger partial charge in [-0.2, -0.15) is 0 Å². The number of amides is 1. The second kappa shape index (κ2) is 6.92. The molecule has 1 amide bonds. The van der Waals surface area contributed by atoms with Crippen LogP contribution in [0.25, 0.3) is 17.1 Å². The van der Waals surface area contributed by atoms with Crippen molar-refractivity contribution in [1.82, 2.24) is 19.9 Å². The summed E-state index contributed by atoms with van der Waals surface area (Å²) in [5, 5.41) is 5.66. The van der Waals surface area contributed by atoms with Gasteiger partial charge in [-0.05, 0) is 25.1 Å². The van der Waals surface area contributed by atoms with Crippen LogP contribution in [0.2, 0.25) is 0 Å². The highest BCUT2D eigenvalue weighted by molar-refractivity contribution is 7.09. The van der Waals surface area contributed by atoms with Crippen molar-refractivity contribution in [3.05, 3.63) is 52.0 Å². The van der Waals surface area contributed by atoms with Gasteiger partial charge in [-0.3, -0.25) is 4.79 Å². The van der Waals surface area contributed by atoms with E-state index in [9.17, 15) is 9.18 Å². The monoisotopic (exact) mass is 344 g/mol. The Bertz CT molecular complexity index is 913. The topological polar surface area (TPSA) is 59.8 Å². The van der Waals surface area contributed by atoms with Gasteiger partial charge in [0.15, 0.2) is 5.82 Å². The number of imidazole rings is 1. The number of aromatic nitrogens is 3. The molecular weight excluding hydrogens is 327 g/mol. The van der Waals surface area contributed by atoms with E-state index < -0.39 is 0 Å². The van der Waals surface area contributed by atoms with Gasteiger partial charge in [0, 0.05) is 31.5 Å². The predicted molar refractivity (Wildman–Crippen MR) is 93.3 cm³/mol. The molecule has 124 valence electrons. The average molecular weight is 344 g/mol. The predicted octanol–water partition coefficient (Wildman–Crippen LogP) is 2.85. The molecule has 0 saturated heterocycles. The Hall–Kier alpha value is -2.54. The fourth-order valence-electron chi connectivity index (χ4n) is 2.43. The largest absolute Gasteiger partial charge is 0.352 e. The number of carbonyl (C=O) groups is 1. The Morgan fingerprint density at radius 1 is 1.42 bits per heavy atom. The van der Waals surface area contributed by atoms with E-state index in [0.29, 0.717) is 18.5 Å². The molecule has 0 unspecified atom stereocenters. The van der Waals surface area contributed by atoms with Crippen LogP contribution >= 0.6 is 11.3 Å². The first-order valence-electron chi connectivity index (χ1n) is 7.52. The standard InChI is InChI=1S/C17H17FN4OS/c1-11-20-12(10-24-11)6-7-16(23)19-9-8-15-21-17-13(18)4-3-5-14(17)22(15)2/h3-7,10H,8-9H2,1-2H3,(H,19,23). The molecule has 0 bridgehead atoms. The molecule has 0 saturated carbocycles. The van der Waals surface area contributed by atoms with Crippen LogP contribution in [-0.4, -0.2) is 27.0 Å². The third-order valence-corrected chi connectivity index (χ3v) is 4.44. The van der Waals surface area contributed by atoms with Crippen LogP contribution in [0.4, 0.5) is 4.39 Å². The van der Waals surface area contributed by atoms with Crippen LogP contribution in [0, 0.1) is 12.7 Å². The van der Waals surface area contributed by atoms with Crippen LogP contribution in [0.5, 0.6) is 0 Å². The Morgan fingerprint density at radius 2 is 2.25 bits per heavy atom. The van der Waals surface area contributed by atoms with Crippen molar-refractivity contribution in [3.63, 3.8) is 0 Å². The highest BCUT2D eigenvalue weighted by Crippen LogP contribution is 2.18. The minimum absolute atomic E-state index is 0.189. The number of para-hydroxylation sites is 1. The van der Waals surface area contributed by atoms with Gasteiger partial charge >= 0.3 is 0 Å². The summed E-state index contributed by atoms with van der Waals surface area (Å²) in [5.74, 6) is 0.208. The molecule has 24 heavy (non-hydrogen) atoms. The molecule has 3 rings (SSSR count). The number of nitrogens with one attached hydrogen (secondary N) is 1. The maximum atomic E-state index is 13.7. The Labute approximate surface area is 142 Å². The Kier molecular flexibility index (Phi) is 4.71. The van der Waals surface area contributed by atoms with Crippen LogP contribution in [-0.2, 0) is 18.3 Å². The number of thiazole rings is 1. The molecule has 0 spiro atoms. The van der Waals surface area contributed by atoms with Gasteiger partial charge < -0.3 is 9.88 Å². The van der Waals surface area contributed by atoms with E-state index in [1.54, 1.807) is 23.5 Å². The maximum absolute atomic E-state index is 13.7. The number of carbonyl (C=O) groups excluding carboxylic acids is 1. The summed E-state index contributed by atoms with van der Waals surface area (Å²) in [6.45, 7) is 2.35. The minimum atomic E-state index is -0.333. The maximum Gasteiger partial charge on any atom is 0.244 e. The number of fused-ring (bicyclic) bond motifs is 1. The first kappa shape index (κ1) is 16.3. The molecule has 0 aliphatic rings. The van der Waals surface area contributed by atoms with Crippen molar-refractivity contribution in [2.24, 2.45) is 7.05 Å². The van der Waals surface area contributed by atoms with Gasteiger partial charge in [-0.25, -0.2) is 14.4 Å². The lowest BCUT2D eigenvalue weighted by Crippen LogP contribution is -2.24. The van der Waals surface area contributed by atoms with Gasteiger partial charge in [-0.15, -0.1) is 11.3 Å². The fourth-order valence-corrected chi connectivity index (χ4v) is 3.01. The third-order valence-electron chi connectivity index (χ3n) is 3.64. The summed E-state index contributed by atoms with van der Waals surface area (Å²) < 4.78 is 15.6. The van der Waals surface area contributed by atoms with Gasteiger partial charge in [-0.1, -0.05) is 6.07 Å². The normalized spacial score (nSPS) is 11.5. The number of aryl methyl sites for hydroxylation is 2. The highest BCUT2D eigenvalue weighted by atomic mass is 32.1. The van der Waals surface area contributed by atoms with Gasteiger partial charge in [0.25, 0.3) is 0 Å².